The number of nitrogens with one attached hydrogen (secondary N) is 1. The lowest BCUT2D eigenvalue weighted by Gasteiger charge is -2.19. The molecular weight excluding hydrogens is 286 g/mol. The van der Waals surface area contributed by atoms with Gasteiger partial charge in [-0.2, -0.15) is 0 Å². The monoisotopic (exact) mass is 311 g/mol. The molecule has 8 nitrogen and oxygen atoms in total. The lowest BCUT2D eigenvalue weighted by Crippen LogP contribution is -2.42. The van der Waals surface area contributed by atoms with Crippen LogP contribution in [0.4, 0.5) is 11.5 Å². The molecule has 2 heterocycles. The summed E-state index contributed by atoms with van der Waals surface area (Å²) >= 11 is 0. The normalized spacial score (nSPS) is 15.3. The quantitative estimate of drug-likeness (QED) is 0.686. The number of aliphatic hydroxyl groups is 1. The van der Waals surface area contributed by atoms with E-state index in [2.05, 4.69) is 5.43 Å². The second-order valence-electron chi connectivity index (χ2n) is 5.81. The van der Waals surface area contributed by atoms with Crippen LogP contribution in [0.25, 0.3) is 0 Å². The lowest BCUT2D eigenvalue weighted by molar-refractivity contribution is 0.180. The fourth-order valence-electron chi connectivity index (χ4n) is 2.82. The molecule has 1 aromatic rings. The van der Waals surface area contributed by atoms with Gasteiger partial charge in [0.15, 0.2) is 5.82 Å². The van der Waals surface area contributed by atoms with Gasteiger partial charge in [-0.1, -0.05) is 0 Å². The van der Waals surface area contributed by atoms with Gasteiger partial charge in [-0.05, 0) is 26.2 Å². The van der Waals surface area contributed by atoms with E-state index in [4.69, 9.17) is 0 Å². The predicted molar refractivity (Wildman–Crippen MR) is 86.3 cm³/mol. The zero-order chi connectivity index (χ0) is 16.4. The summed E-state index contributed by atoms with van der Waals surface area (Å²) in [6.07, 6.45) is 1.80. The average molecular weight is 311 g/mol. The van der Waals surface area contributed by atoms with Crippen LogP contribution < -0.4 is 26.6 Å². The van der Waals surface area contributed by atoms with Crippen molar-refractivity contribution in [3.63, 3.8) is 0 Å². The van der Waals surface area contributed by atoms with Crippen molar-refractivity contribution in [2.75, 3.05) is 30.7 Å². The summed E-state index contributed by atoms with van der Waals surface area (Å²) < 4.78 is 2.79. The highest BCUT2D eigenvalue weighted by Gasteiger charge is 2.30. The fraction of sp³-hybridized carbons (Fsp3) is 0.714. The minimum Gasteiger partial charge on any atom is -0.393 e. The molecule has 1 aliphatic heterocycles. The molecule has 0 fully saturated rings. The number of hydrogen-bond acceptors (Lipinski definition) is 6. The zero-order valence-electron chi connectivity index (χ0n) is 13.7. The van der Waals surface area contributed by atoms with Crippen molar-refractivity contribution < 1.29 is 5.11 Å². The number of hydrogen-bond donors (Lipinski definition) is 2. The molecule has 0 saturated carbocycles. The molecule has 1 aromatic heterocycles. The summed E-state index contributed by atoms with van der Waals surface area (Å²) in [5, 5.41) is 11.0. The molecule has 124 valence electrons. The van der Waals surface area contributed by atoms with Crippen LogP contribution in [0.5, 0.6) is 0 Å². The number of hydrazine groups is 1. The van der Waals surface area contributed by atoms with Crippen molar-refractivity contribution >= 4 is 11.5 Å². The van der Waals surface area contributed by atoms with Crippen LogP contribution in [0.3, 0.4) is 0 Å². The standard InChI is InChI=1S/C14H25N5O3/c1-10(20)7-5-6-8-18-13(21)11-12(17(4)14(18)22)19(15-2)9-16(11)3/h10,15,20H,5-9H2,1-4H3. The summed E-state index contributed by atoms with van der Waals surface area (Å²) in [5.41, 5.74) is 2.96. The molecule has 8 heteroatoms. The summed E-state index contributed by atoms with van der Waals surface area (Å²) in [6, 6.07) is 0. The number of anilines is 2. The van der Waals surface area contributed by atoms with Crippen molar-refractivity contribution in [3.05, 3.63) is 20.8 Å². The number of aliphatic hydroxyl groups excluding tert-OH is 1. The maximum atomic E-state index is 12.6. The molecule has 0 aliphatic carbocycles. The molecule has 2 rings (SSSR count). The fourth-order valence-corrected chi connectivity index (χ4v) is 2.82. The molecule has 1 unspecified atom stereocenters. The molecule has 0 saturated heterocycles. The highest BCUT2D eigenvalue weighted by atomic mass is 16.3. The van der Waals surface area contributed by atoms with Crippen molar-refractivity contribution in [3.8, 4) is 0 Å². The molecule has 0 aromatic carbocycles. The topological polar surface area (TPSA) is 82.7 Å². The van der Waals surface area contributed by atoms with E-state index < -0.39 is 0 Å². The number of nitrogens with zero attached hydrogens (tertiary/aromatic N) is 4. The van der Waals surface area contributed by atoms with Crippen LogP contribution in [-0.2, 0) is 13.6 Å². The van der Waals surface area contributed by atoms with Crippen molar-refractivity contribution in [2.24, 2.45) is 7.05 Å². The largest absolute Gasteiger partial charge is 0.393 e. The lowest BCUT2D eigenvalue weighted by atomic mass is 10.2. The van der Waals surface area contributed by atoms with Gasteiger partial charge in [-0.25, -0.2) is 10.2 Å². The van der Waals surface area contributed by atoms with Gasteiger partial charge in [0.1, 0.15) is 12.4 Å². The predicted octanol–water partition coefficient (Wildman–Crippen LogP) is -0.554. The van der Waals surface area contributed by atoms with E-state index in [1.807, 2.05) is 11.9 Å². The van der Waals surface area contributed by atoms with Crippen LogP contribution in [0.15, 0.2) is 9.59 Å². The Kier molecular flexibility index (Phi) is 4.92. The van der Waals surface area contributed by atoms with E-state index in [1.54, 1.807) is 26.0 Å². The summed E-state index contributed by atoms with van der Waals surface area (Å²) in [7, 11) is 5.27. The number of aromatic nitrogens is 2. The Hall–Kier alpha value is -1.80. The SMILES string of the molecule is CNN1CN(C)c2c1n(C)c(=O)n(CCCCC(C)O)c2=O. The van der Waals surface area contributed by atoms with Gasteiger partial charge in [0.2, 0.25) is 0 Å². The third-order valence-electron chi connectivity index (χ3n) is 4.01. The summed E-state index contributed by atoms with van der Waals surface area (Å²) in [5.74, 6) is 0.597. The first-order valence-electron chi connectivity index (χ1n) is 7.56. The zero-order valence-corrected chi connectivity index (χ0v) is 13.7. The summed E-state index contributed by atoms with van der Waals surface area (Å²) in [4.78, 5) is 26.9. The molecule has 1 aliphatic rings. The van der Waals surface area contributed by atoms with Gasteiger partial charge >= 0.3 is 5.69 Å². The van der Waals surface area contributed by atoms with Gasteiger partial charge in [0.25, 0.3) is 5.56 Å². The Morgan fingerprint density at radius 1 is 1.27 bits per heavy atom. The molecule has 2 N–H and O–H groups in total. The van der Waals surface area contributed by atoms with Crippen LogP contribution in [0, 0.1) is 0 Å². The van der Waals surface area contributed by atoms with Crippen molar-refractivity contribution in [1.82, 2.24) is 14.6 Å². The van der Waals surface area contributed by atoms with Crippen LogP contribution in [-0.4, -0.2) is 41.1 Å². The molecule has 0 amide bonds. The Bertz CT molecular complexity index is 649. The molecule has 0 bridgehead atoms. The third-order valence-corrected chi connectivity index (χ3v) is 4.01. The van der Waals surface area contributed by atoms with Gasteiger partial charge in [-0.3, -0.25) is 18.9 Å². The third kappa shape index (κ3) is 2.89. The highest BCUT2D eigenvalue weighted by molar-refractivity contribution is 5.70. The number of unbranched alkanes of at least 4 members (excludes halogenated alkanes) is 1. The number of rotatable bonds is 6. The van der Waals surface area contributed by atoms with Crippen molar-refractivity contribution in [1.29, 1.82) is 0 Å². The smallest absolute Gasteiger partial charge is 0.332 e. The maximum Gasteiger partial charge on any atom is 0.332 e. The van der Waals surface area contributed by atoms with Crippen molar-refractivity contribution in [2.45, 2.75) is 38.8 Å². The van der Waals surface area contributed by atoms with Crippen LogP contribution in [0.1, 0.15) is 26.2 Å². The van der Waals surface area contributed by atoms with Gasteiger partial charge < -0.3 is 10.0 Å². The van der Waals surface area contributed by atoms with Crippen LogP contribution in [0.2, 0.25) is 0 Å². The van der Waals surface area contributed by atoms with Gasteiger partial charge in [0.05, 0.1) is 6.10 Å². The molecule has 22 heavy (non-hydrogen) atoms. The molecule has 0 spiro atoms. The summed E-state index contributed by atoms with van der Waals surface area (Å²) in [6.45, 7) is 2.63. The minimum atomic E-state index is -0.352. The van der Waals surface area contributed by atoms with Crippen LogP contribution >= 0.6 is 0 Å². The molecular formula is C14H25N5O3. The van der Waals surface area contributed by atoms with E-state index >= 15 is 0 Å². The Labute approximate surface area is 129 Å². The minimum absolute atomic E-state index is 0.254. The average Bonchev–Trinajstić information content (AvgIpc) is 2.80. The first-order chi connectivity index (χ1) is 10.4. The van der Waals surface area contributed by atoms with Gasteiger partial charge in [0, 0.05) is 27.7 Å². The second kappa shape index (κ2) is 6.53. The Balaban J connectivity index is 2.34. The second-order valence-corrected chi connectivity index (χ2v) is 5.81. The highest BCUT2D eigenvalue weighted by Crippen LogP contribution is 2.28. The Morgan fingerprint density at radius 3 is 2.55 bits per heavy atom. The van der Waals surface area contributed by atoms with Gasteiger partial charge in [-0.15, -0.1) is 0 Å². The maximum absolute atomic E-state index is 12.6. The first-order valence-corrected chi connectivity index (χ1v) is 7.56. The Morgan fingerprint density at radius 2 is 1.95 bits per heavy atom. The molecule has 0 radical (unpaired) electrons. The van der Waals surface area contributed by atoms with E-state index in [0.717, 1.165) is 6.42 Å². The van der Waals surface area contributed by atoms with E-state index in [0.29, 0.717) is 37.6 Å². The van der Waals surface area contributed by atoms with E-state index in [-0.39, 0.29) is 17.4 Å². The van der Waals surface area contributed by atoms with E-state index in [9.17, 15) is 14.7 Å². The number of fused-ring (bicyclic) bond motifs is 1. The first kappa shape index (κ1) is 16.6. The molecule has 1 atom stereocenters. The van der Waals surface area contributed by atoms with E-state index in [1.165, 1.54) is 9.13 Å².